The lowest BCUT2D eigenvalue weighted by molar-refractivity contribution is 0.0873. The van der Waals surface area contributed by atoms with E-state index in [1.165, 1.54) is 11.3 Å². The fourth-order valence-electron chi connectivity index (χ4n) is 2.27. The van der Waals surface area contributed by atoms with Gasteiger partial charge in [0.15, 0.2) is 0 Å². The first kappa shape index (κ1) is 17.6. The Kier molecular flexibility index (Phi) is 5.21. The van der Waals surface area contributed by atoms with E-state index in [0.29, 0.717) is 27.2 Å². The second kappa shape index (κ2) is 6.80. The van der Waals surface area contributed by atoms with Crippen LogP contribution in [-0.2, 0) is 6.54 Å². The zero-order chi connectivity index (χ0) is 17.2. The Balaban J connectivity index is 2.44. The Labute approximate surface area is 139 Å². The molecule has 7 heteroatoms. The Morgan fingerprint density at radius 3 is 2.78 bits per heavy atom. The zero-order valence-electron chi connectivity index (χ0n) is 14.0. The van der Waals surface area contributed by atoms with Crippen molar-refractivity contribution in [2.45, 2.75) is 52.6 Å². The Morgan fingerprint density at radius 2 is 2.17 bits per heavy atom. The summed E-state index contributed by atoms with van der Waals surface area (Å²) in [6, 6.07) is 0. The molecule has 0 bridgehead atoms. The molecule has 0 unspecified atom stereocenters. The summed E-state index contributed by atoms with van der Waals surface area (Å²) in [4.78, 5) is 30.4. The number of hydrogen-bond acceptors (Lipinski definition) is 5. The molecule has 2 aromatic rings. The van der Waals surface area contributed by atoms with Crippen LogP contribution in [0.5, 0.6) is 0 Å². The third-order valence-electron chi connectivity index (χ3n) is 3.72. The van der Waals surface area contributed by atoms with Gasteiger partial charge in [0.2, 0.25) is 0 Å². The molecule has 0 radical (unpaired) electrons. The molecule has 0 fully saturated rings. The van der Waals surface area contributed by atoms with Gasteiger partial charge in [-0.15, -0.1) is 11.3 Å². The lowest BCUT2D eigenvalue weighted by Crippen LogP contribution is -2.46. The third kappa shape index (κ3) is 3.61. The van der Waals surface area contributed by atoms with Crippen LogP contribution in [-0.4, -0.2) is 32.7 Å². The van der Waals surface area contributed by atoms with Gasteiger partial charge in [-0.1, -0.05) is 13.3 Å². The number of aromatic nitrogens is 2. The second-order valence-electron chi connectivity index (χ2n) is 6.33. The molecule has 0 aliphatic rings. The lowest BCUT2D eigenvalue weighted by atomic mass is 10.1. The molecular formula is C16H23N3O3S. The molecule has 0 aromatic carbocycles. The SMILES string of the molecule is CCCCn1cnc2sc(C(=O)NC(C)(C)CO)c(C)c2c1=O. The molecule has 1 amide bonds. The molecule has 0 saturated heterocycles. The van der Waals surface area contributed by atoms with E-state index in [4.69, 9.17) is 0 Å². The van der Waals surface area contributed by atoms with Gasteiger partial charge in [-0.3, -0.25) is 14.2 Å². The largest absolute Gasteiger partial charge is 0.394 e. The van der Waals surface area contributed by atoms with Crippen LogP contribution in [0.2, 0.25) is 0 Å². The van der Waals surface area contributed by atoms with E-state index in [1.54, 1.807) is 31.7 Å². The van der Waals surface area contributed by atoms with Gasteiger partial charge in [-0.2, -0.15) is 0 Å². The molecule has 2 rings (SSSR count). The molecule has 0 atom stereocenters. The van der Waals surface area contributed by atoms with Gasteiger partial charge >= 0.3 is 0 Å². The number of aliphatic hydroxyl groups is 1. The summed E-state index contributed by atoms with van der Waals surface area (Å²) < 4.78 is 1.60. The fourth-order valence-corrected chi connectivity index (χ4v) is 3.30. The number of thiophene rings is 1. The van der Waals surface area contributed by atoms with Crippen molar-refractivity contribution in [2.24, 2.45) is 0 Å². The minimum atomic E-state index is -0.714. The van der Waals surface area contributed by atoms with Crippen molar-refractivity contribution in [1.29, 1.82) is 0 Å². The number of fused-ring (bicyclic) bond motifs is 1. The Bertz CT molecular complexity index is 777. The predicted octanol–water partition coefficient (Wildman–Crippen LogP) is 2.07. The number of hydrogen-bond donors (Lipinski definition) is 2. The molecule has 126 valence electrons. The van der Waals surface area contributed by atoms with Crippen molar-refractivity contribution in [1.82, 2.24) is 14.9 Å². The van der Waals surface area contributed by atoms with Crippen molar-refractivity contribution >= 4 is 27.5 Å². The van der Waals surface area contributed by atoms with E-state index in [9.17, 15) is 14.7 Å². The van der Waals surface area contributed by atoms with Crippen LogP contribution in [0, 0.1) is 6.92 Å². The molecule has 2 aromatic heterocycles. The maximum absolute atomic E-state index is 12.6. The van der Waals surface area contributed by atoms with Gasteiger partial charge in [0.05, 0.1) is 28.7 Å². The smallest absolute Gasteiger partial charge is 0.262 e. The van der Waals surface area contributed by atoms with Gasteiger partial charge in [0.1, 0.15) is 4.83 Å². The third-order valence-corrected chi connectivity index (χ3v) is 4.92. The summed E-state index contributed by atoms with van der Waals surface area (Å²) in [5.41, 5.74) is -0.161. The summed E-state index contributed by atoms with van der Waals surface area (Å²) in [7, 11) is 0. The van der Waals surface area contributed by atoms with Gasteiger partial charge in [-0.25, -0.2) is 4.98 Å². The standard InChI is InChI=1S/C16H23N3O3S/c1-5-6-7-19-9-17-14-11(15(19)22)10(2)12(23-14)13(21)18-16(3,4)8-20/h9,20H,5-8H2,1-4H3,(H,18,21). The van der Waals surface area contributed by atoms with Crippen LogP contribution < -0.4 is 10.9 Å². The van der Waals surface area contributed by atoms with Crippen LogP contribution in [0.4, 0.5) is 0 Å². The molecule has 2 heterocycles. The number of rotatable bonds is 6. The zero-order valence-corrected chi connectivity index (χ0v) is 14.8. The highest BCUT2D eigenvalue weighted by molar-refractivity contribution is 7.20. The minimum absolute atomic E-state index is 0.0994. The first-order valence-electron chi connectivity index (χ1n) is 7.72. The Hall–Kier alpha value is -1.73. The average molecular weight is 337 g/mol. The highest BCUT2D eigenvalue weighted by atomic mass is 32.1. The maximum atomic E-state index is 12.6. The van der Waals surface area contributed by atoms with Crippen molar-refractivity contribution < 1.29 is 9.90 Å². The molecule has 2 N–H and O–H groups in total. The van der Waals surface area contributed by atoms with Crippen LogP contribution in [0.15, 0.2) is 11.1 Å². The molecule has 0 saturated carbocycles. The molecule has 0 aliphatic heterocycles. The van der Waals surface area contributed by atoms with E-state index in [1.807, 2.05) is 0 Å². The Morgan fingerprint density at radius 1 is 1.48 bits per heavy atom. The summed E-state index contributed by atoms with van der Waals surface area (Å²) in [5.74, 6) is -0.288. The average Bonchev–Trinajstić information content (AvgIpc) is 2.84. The number of carbonyl (C=O) groups excluding carboxylic acids is 1. The number of aliphatic hydroxyl groups excluding tert-OH is 1. The first-order chi connectivity index (χ1) is 10.8. The number of nitrogens with zero attached hydrogens (tertiary/aromatic N) is 2. The van der Waals surface area contributed by atoms with E-state index in [-0.39, 0.29) is 18.1 Å². The predicted molar refractivity (Wildman–Crippen MR) is 92.2 cm³/mol. The summed E-state index contributed by atoms with van der Waals surface area (Å²) in [6.07, 6.45) is 3.46. The second-order valence-corrected chi connectivity index (χ2v) is 7.33. The van der Waals surface area contributed by atoms with E-state index < -0.39 is 5.54 Å². The first-order valence-corrected chi connectivity index (χ1v) is 8.54. The minimum Gasteiger partial charge on any atom is -0.394 e. The molecule has 0 spiro atoms. The monoisotopic (exact) mass is 337 g/mol. The molecular weight excluding hydrogens is 314 g/mol. The molecule has 6 nitrogen and oxygen atoms in total. The van der Waals surface area contributed by atoms with E-state index in [0.717, 1.165) is 12.8 Å². The number of aryl methyl sites for hydroxylation is 2. The van der Waals surface area contributed by atoms with Crippen molar-refractivity contribution in [2.75, 3.05) is 6.61 Å². The van der Waals surface area contributed by atoms with Gasteiger partial charge < -0.3 is 10.4 Å². The highest BCUT2D eigenvalue weighted by Gasteiger charge is 2.24. The summed E-state index contributed by atoms with van der Waals surface area (Å²) in [6.45, 7) is 7.79. The van der Waals surface area contributed by atoms with Crippen LogP contribution in [0.25, 0.3) is 10.2 Å². The topological polar surface area (TPSA) is 84.2 Å². The van der Waals surface area contributed by atoms with Crippen LogP contribution in [0.3, 0.4) is 0 Å². The number of carbonyl (C=O) groups is 1. The number of amides is 1. The van der Waals surface area contributed by atoms with Crippen molar-refractivity contribution in [3.8, 4) is 0 Å². The molecule has 23 heavy (non-hydrogen) atoms. The normalized spacial score (nSPS) is 11.9. The van der Waals surface area contributed by atoms with Crippen LogP contribution >= 0.6 is 11.3 Å². The van der Waals surface area contributed by atoms with Gasteiger partial charge in [0.25, 0.3) is 11.5 Å². The van der Waals surface area contributed by atoms with Crippen molar-refractivity contribution in [3.05, 3.63) is 27.1 Å². The number of unbranched alkanes of at least 4 members (excludes halogenated alkanes) is 1. The lowest BCUT2D eigenvalue weighted by Gasteiger charge is -2.23. The van der Waals surface area contributed by atoms with Crippen LogP contribution in [0.1, 0.15) is 48.8 Å². The highest BCUT2D eigenvalue weighted by Crippen LogP contribution is 2.27. The quantitative estimate of drug-likeness (QED) is 0.845. The summed E-state index contributed by atoms with van der Waals surface area (Å²) >= 11 is 1.21. The molecule has 0 aliphatic carbocycles. The van der Waals surface area contributed by atoms with Gasteiger partial charge in [-0.05, 0) is 32.8 Å². The number of nitrogens with one attached hydrogen (secondary N) is 1. The van der Waals surface area contributed by atoms with Crippen molar-refractivity contribution in [3.63, 3.8) is 0 Å². The summed E-state index contributed by atoms with van der Waals surface area (Å²) in [5, 5.41) is 12.6. The van der Waals surface area contributed by atoms with E-state index >= 15 is 0 Å². The fraction of sp³-hybridized carbons (Fsp3) is 0.562. The van der Waals surface area contributed by atoms with E-state index in [2.05, 4.69) is 17.2 Å². The van der Waals surface area contributed by atoms with Gasteiger partial charge in [0, 0.05) is 6.54 Å². The maximum Gasteiger partial charge on any atom is 0.262 e.